The number of carbonyl (C=O) groups excluding carboxylic acids is 2. The van der Waals surface area contributed by atoms with Crippen LogP contribution in [0.3, 0.4) is 0 Å². The van der Waals surface area contributed by atoms with Crippen LogP contribution < -0.4 is 4.72 Å². The zero-order chi connectivity index (χ0) is 20.9. The Bertz CT molecular complexity index is 996. The van der Waals surface area contributed by atoms with Crippen LogP contribution in [0, 0.1) is 20.8 Å². The summed E-state index contributed by atoms with van der Waals surface area (Å²) in [5.41, 5.74) is 3.88. The normalized spacial score (nSPS) is 11.1. The number of sulfonamides is 1. The number of benzene rings is 2. The van der Waals surface area contributed by atoms with E-state index in [2.05, 4.69) is 4.72 Å². The van der Waals surface area contributed by atoms with Crippen molar-refractivity contribution in [1.82, 2.24) is 0 Å². The minimum Gasteiger partial charge on any atom is -0.454 e. The van der Waals surface area contributed by atoms with Gasteiger partial charge in [-0.25, -0.2) is 13.2 Å². The number of rotatable bonds is 8. The molecule has 0 heterocycles. The largest absolute Gasteiger partial charge is 0.454 e. The highest BCUT2D eigenvalue weighted by Gasteiger charge is 2.16. The standard InChI is InChI=1S/C21H25NO5S/c1-5-9-28(25,26)22-18-8-6-7-17(12-18)21(24)27-13-20(23)19-11-15(3)14(2)10-16(19)4/h6-8,10-12,22H,5,9,13H2,1-4H3. The summed E-state index contributed by atoms with van der Waals surface area (Å²) in [4.78, 5) is 24.7. The first-order valence-corrected chi connectivity index (χ1v) is 10.7. The lowest BCUT2D eigenvalue weighted by molar-refractivity contribution is 0.0474. The number of ketones is 1. The van der Waals surface area contributed by atoms with E-state index in [-0.39, 0.29) is 29.4 Å². The Labute approximate surface area is 166 Å². The number of nitrogens with one attached hydrogen (secondary N) is 1. The molecule has 0 aliphatic rings. The fourth-order valence-corrected chi connectivity index (χ4v) is 3.89. The van der Waals surface area contributed by atoms with Crippen molar-refractivity contribution in [3.05, 3.63) is 64.2 Å². The Morgan fingerprint density at radius 3 is 2.36 bits per heavy atom. The van der Waals surface area contributed by atoms with Crippen LogP contribution in [0.5, 0.6) is 0 Å². The second-order valence-corrected chi connectivity index (χ2v) is 8.59. The van der Waals surface area contributed by atoms with Gasteiger partial charge in [-0.15, -0.1) is 0 Å². The van der Waals surface area contributed by atoms with Crippen molar-refractivity contribution in [3.63, 3.8) is 0 Å². The highest BCUT2D eigenvalue weighted by atomic mass is 32.2. The molecule has 0 aliphatic carbocycles. The molecule has 0 saturated carbocycles. The Morgan fingerprint density at radius 2 is 1.68 bits per heavy atom. The van der Waals surface area contributed by atoms with E-state index >= 15 is 0 Å². The van der Waals surface area contributed by atoms with Crippen LogP contribution in [-0.2, 0) is 14.8 Å². The Kier molecular flexibility index (Phi) is 6.96. The minimum atomic E-state index is -3.46. The van der Waals surface area contributed by atoms with Gasteiger partial charge in [-0.1, -0.05) is 19.1 Å². The van der Waals surface area contributed by atoms with E-state index < -0.39 is 16.0 Å². The maximum atomic E-state index is 12.4. The van der Waals surface area contributed by atoms with Gasteiger partial charge in [-0.2, -0.15) is 0 Å². The number of hydrogen-bond donors (Lipinski definition) is 1. The molecule has 6 nitrogen and oxygen atoms in total. The van der Waals surface area contributed by atoms with E-state index in [0.717, 1.165) is 16.7 Å². The van der Waals surface area contributed by atoms with Crippen LogP contribution in [0.25, 0.3) is 0 Å². The maximum Gasteiger partial charge on any atom is 0.338 e. The van der Waals surface area contributed by atoms with E-state index in [0.29, 0.717) is 12.0 Å². The SMILES string of the molecule is CCCS(=O)(=O)Nc1cccc(C(=O)OCC(=O)c2cc(C)c(C)cc2C)c1. The zero-order valence-corrected chi connectivity index (χ0v) is 17.4. The predicted octanol–water partition coefficient (Wildman–Crippen LogP) is 3.80. The summed E-state index contributed by atoms with van der Waals surface area (Å²) in [7, 11) is -3.46. The van der Waals surface area contributed by atoms with Crippen molar-refractivity contribution in [3.8, 4) is 0 Å². The molecule has 0 saturated heterocycles. The first kappa shape index (κ1) is 21.6. The molecular weight excluding hydrogens is 378 g/mol. The number of anilines is 1. The second kappa shape index (κ2) is 9.01. The lowest BCUT2D eigenvalue weighted by Gasteiger charge is -2.10. The summed E-state index contributed by atoms with van der Waals surface area (Å²) in [5.74, 6) is -0.981. The average molecular weight is 404 g/mol. The highest BCUT2D eigenvalue weighted by Crippen LogP contribution is 2.17. The smallest absolute Gasteiger partial charge is 0.338 e. The Hall–Kier alpha value is -2.67. The van der Waals surface area contributed by atoms with Crippen molar-refractivity contribution in [2.75, 3.05) is 17.1 Å². The quantitative estimate of drug-likeness (QED) is 0.535. The summed E-state index contributed by atoms with van der Waals surface area (Å²) in [6.07, 6.45) is 0.483. The minimum absolute atomic E-state index is 0.00844. The topological polar surface area (TPSA) is 89.5 Å². The Balaban J connectivity index is 2.06. The molecule has 2 rings (SSSR count). The summed E-state index contributed by atoms with van der Waals surface area (Å²) in [6.45, 7) is 7.11. The molecule has 0 spiro atoms. The Morgan fingerprint density at radius 1 is 1.00 bits per heavy atom. The second-order valence-electron chi connectivity index (χ2n) is 6.75. The van der Waals surface area contributed by atoms with E-state index in [1.807, 2.05) is 26.8 Å². The van der Waals surface area contributed by atoms with Gasteiger partial charge in [0.05, 0.1) is 11.3 Å². The number of Topliss-reactive ketones (excluding diaryl/α,β-unsaturated/α-hetero) is 1. The molecule has 0 amide bonds. The number of hydrogen-bond acceptors (Lipinski definition) is 5. The zero-order valence-electron chi connectivity index (χ0n) is 16.5. The molecule has 1 N–H and O–H groups in total. The van der Waals surface area contributed by atoms with Crippen LogP contribution in [-0.4, -0.2) is 32.5 Å². The first-order valence-electron chi connectivity index (χ1n) is 9.01. The molecule has 0 atom stereocenters. The van der Waals surface area contributed by atoms with Crippen molar-refractivity contribution in [1.29, 1.82) is 0 Å². The van der Waals surface area contributed by atoms with Crippen LogP contribution in [0.1, 0.15) is 50.8 Å². The van der Waals surface area contributed by atoms with Crippen molar-refractivity contribution < 1.29 is 22.7 Å². The van der Waals surface area contributed by atoms with Gasteiger partial charge in [0.1, 0.15) is 0 Å². The maximum absolute atomic E-state index is 12.4. The molecule has 0 bridgehead atoms. The van der Waals surface area contributed by atoms with Crippen LogP contribution in [0.15, 0.2) is 36.4 Å². The molecule has 0 aromatic heterocycles. The molecule has 2 aromatic carbocycles. The van der Waals surface area contributed by atoms with Gasteiger partial charge in [-0.05, 0) is 68.1 Å². The van der Waals surface area contributed by atoms with Gasteiger partial charge in [-0.3, -0.25) is 9.52 Å². The number of ether oxygens (including phenoxy) is 1. The van der Waals surface area contributed by atoms with Crippen molar-refractivity contribution in [2.24, 2.45) is 0 Å². The first-order chi connectivity index (χ1) is 13.1. The fourth-order valence-electron chi connectivity index (χ4n) is 2.76. The van der Waals surface area contributed by atoms with Gasteiger partial charge in [0.25, 0.3) is 0 Å². The third-order valence-corrected chi connectivity index (χ3v) is 5.81. The molecule has 7 heteroatoms. The van der Waals surface area contributed by atoms with Gasteiger partial charge < -0.3 is 4.74 Å². The monoisotopic (exact) mass is 403 g/mol. The highest BCUT2D eigenvalue weighted by molar-refractivity contribution is 7.92. The molecule has 0 fully saturated rings. The molecule has 0 radical (unpaired) electrons. The molecule has 150 valence electrons. The summed E-state index contributed by atoms with van der Waals surface area (Å²) in [6, 6.07) is 9.72. The van der Waals surface area contributed by atoms with Gasteiger partial charge >= 0.3 is 5.97 Å². The number of aryl methyl sites for hydroxylation is 3. The van der Waals surface area contributed by atoms with Gasteiger partial charge in [0.2, 0.25) is 15.8 Å². The molecule has 2 aromatic rings. The fraction of sp³-hybridized carbons (Fsp3) is 0.333. The van der Waals surface area contributed by atoms with Crippen LogP contribution in [0.2, 0.25) is 0 Å². The van der Waals surface area contributed by atoms with Gasteiger partial charge in [0, 0.05) is 11.3 Å². The lowest BCUT2D eigenvalue weighted by atomic mass is 9.98. The third kappa shape index (κ3) is 5.66. The van der Waals surface area contributed by atoms with E-state index in [1.165, 1.54) is 12.1 Å². The average Bonchev–Trinajstić information content (AvgIpc) is 2.62. The van der Waals surface area contributed by atoms with E-state index in [4.69, 9.17) is 4.74 Å². The number of carbonyl (C=O) groups is 2. The summed E-state index contributed by atoms with van der Waals surface area (Å²) >= 11 is 0. The van der Waals surface area contributed by atoms with Crippen LogP contribution >= 0.6 is 0 Å². The molecule has 0 unspecified atom stereocenters. The van der Waals surface area contributed by atoms with Crippen molar-refractivity contribution >= 4 is 27.5 Å². The molecular formula is C21H25NO5S. The lowest BCUT2D eigenvalue weighted by Crippen LogP contribution is -2.17. The van der Waals surface area contributed by atoms with Crippen molar-refractivity contribution in [2.45, 2.75) is 34.1 Å². The van der Waals surface area contributed by atoms with E-state index in [1.54, 1.807) is 25.1 Å². The van der Waals surface area contributed by atoms with E-state index in [9.17, 15) is 18.0 Å². The predicted molar refractivity (Wildman–Crippen MR) is 109 cm³/mol. The summed E-state index contributed by atoms with van der Waals surface area (Å²) in [5, 5.41) is 0. The summed E-state index contributed by atoms with van der Waals surface area (Å²) < 4.78 is 31.3. The number of esters is 1. The molecule has 28 heavy (non-hydrogen) atoms. The third-order valence-electron chi connectivity index (χ3n) is 4.32. The molecule has 0 aliphatic heterocycles. The van der Waals surface area contributed by atoms with Crippen LogP contribution in [0.4, 0.5) is 5.69 Å². The van der Waals surface area contributed by atoms with Gasteiger partial charge in [0.15, 0.2) is 6.61 Å².